The highest BCUT2D eigenvalue weighted by molar-refractivity contribution is 9.10. The summed E-state index contributed by atoms with van der Waals surface area (Å²) in [6, 6.07) is 13.0. The average Bonchev–Trinajstić information content (AvgIpc) is 3.12. The quantitative estimate of drug-likeness (QED) is 0.457. The van der Waals surface area contributed by atoms with E-state index in [0.29, 0.717) is 17.7 Å². The summed E-state index contributed by atoms with van der Waals surface area (Å²) >= 11 is 3.49. The van der Waals surface area contributed by atoms with E-state index in [-0.39, 0.29) is 17.6 Å². The number of amides is 2. The fourth-order valence-corrected chi connectivity index (χ4v) is 4.38. The van der Waals surface area contributed by atoms with E-state index in [1.807, 2.05) is 51.1 Å². The molecule has 0 unspecified atom stereocenters. The van der Waals surface area contributed by atoms with Gasteiger partial charge in [0.15, 0.2) is 5.76 Å². The van der Waals surface area contributed by atoms with Crippen molar-refractivity contribution >= 4 is 39.1 Å². The van der Waals surface area contributed by atoms with Crippen LogP contribution in [0.25, 0.3) is 0 Å². The number of hydrazone groups is 1. The number of benzene rings is 2. The Bertz CT molecular complexity index is 1230. The monoisotopic (exact) mass is 493 g/mol. The Labute approximate surface area is 195 Å². The Morgan fingerprint density at radius 2 is 1.69 bits per heavy atom. The van der Waals surface area contributed by atoms with Gasteiger partial charge in [-0.15, -0.1) is 0 Å². The van der Waals surface area contributed by atoms with Gasteiger partial charge < -0.3 is 9.73 Å². The molecule has 2 N–H and O–H groups in total. The topological polar surface area (TPSA) is 83.7 Å². The van der Waals surface area contributed by atoms with Gasteiger partial charge >= 0.3 is 0 Å². The minimum atomic E-state index is -0.315. The first kappa shape index (κ1) is 22.0. The third-order valence-electron chi connectivity index (χ3n) is 5.51. The normalized spacial score (nSPS) is 14.2. The lowest BCUT2D eigenvalue weighted by atomic mass is 9.93. The van der Waals surface area contributed by atoms with Crippen molar-refractivity contribution < 1.29 is 14.0 Å². The van der Waals surface area contributed by atoms with Gasteiger partial charge in [-0.25, -0.2) is 5.43 Å². The van der Waals surface area contributed by atoms with Crippen LogP contribution in [0.4, 0.5) is 5.69 Å². The van der Waals surface area contributed by atoms with Crippen molar-refractivity contribution in [1.82, 2.24) is 5.43 Å². The summed E-state index contributed by atoms with van der Waals surface area (Å²) in [4.78, 5) is 25.4. The minimum absolute atomic E-state index is 0.266. The fraction of sp³-hybridized carbons (Fsp3) is 0.240. The van der Waals surface area contributed by atoms with Crippen LogP contribution < -0.4 is 10.7 Å². The molecule has 7 heteroatoms. The standard InChI is InChI=1S/C25H24BrN3O3/c1-14-7-10-17(11-8-14)24(30)29-28-20-5-4-6-21-22(20)16(3)23(32-21)25(31)27-19-12-9-15(2)13-18(19)26/h7-13H,4-6H2,1-3H3,(H,27,31)(H,29,30)/b28-20+. The van der Waals surface area contributed by atoms with E-state index in [0.717, 1.165) is 51.0 Å². The van der Waals surface area contributed by atoms with Crippen LogP contribution in [0.3, 0.4) is 0 Å². The largest absolute Gasteiger partial charge is 0.455 e. The van der Waals surface area contributed by atoms with Crippen molar-refractivity contribution in [2.75, 3.05) is 5.32 Å². The molecule has 2 amide bonds. The van der Waals surface area contributed by atoms with Crippen LogP contribution in [0.5, 0.6) is 0 Å². The van der Waals surface area contributed by atoms with Gasteiger partial charge in [-0.1, -0.05) is 23.8 Å². The van der Waals surface area contributed by atoms with Crippen LogP contribution >= 0.6 is 15.9 Å². The second kappa shape index (κ2) is 9.12. The van der Waals surface area contributed by atoms with E-state index in [9.17, 15) is 9.59 Å². The molecular weight excluding hydrogens is 470 g/mol. The fourth-order valence-electron chi connectivity index (χ4n) is 3.79. The molecule has 0 saturated heterocycles. The first-order valence-corrected chi connectivity index (χ1v) is 11.3. The van der Waals surface area contributed by atoms with Gasteiger partial charge in [-0.2, -0.15) is 5.10 Å². The lowest BCUT2D eigenvalue weighted by Gasteiger charge is -2.13. The molecule has 0 spiro atoms. The van der Waals surface area contributed by atoms with Crippen molar-refractivity contribution in [3.63, 3.8) is 0 Å². The number of carbonyl (C=O) groups excluding carboxylic acids is 2. The number of rotatable bonds is 4. The highest BCUT2D eigenvalue weighted by Crippen LogP contribution is 2.31. The first-order chi connectivity index (χ1) is 15.3. The van der Waals surface area contributed by atoms with Crippen molar-refractivity contribution in [3.05, 3.63) is 86.3 Å². The molecule has 32 heavy (non-hydrogen) atoms. The van der Waals surface area contributed by atoms with Gasteiger partial charge in [0, 0.05) is 27.6 Å². The maximum absolute atomic E-state index is 12.9. The molecule has 0 radical (unpaired) electrons. The van der Waals surface area contributed by atoms with E-state index < -0.39 is 0 Å². The number of hydrogen-bond donors (Lipinski definition) is 2. The Morgan fingerprint density at radius 3 is 2.41 bits per heavy atom. The maximum atomic E-state index is 12.9. The van der Waals surface area contributed by atoms with Crippen LogP contribution in [0.1, 0.15) is 61.8 Å². The molecule has 1 aliphatic rings. The Kier molecular flexibility index (Phi) is 6.28. The predicted octanol–water partition coefficient (Wildman–Crippen LogP) is 5.69. The van der Waals surface area contributed by atoms with Gasteiger partial charge in [0.05, 0.1) is 11.4 Å². The molecule has 3 aromatic rings. The summed E-state index contributed by atoms with van der Waals surface area (Å²) in [6.45, 7) is 5.81. The summed E-state index contributed by atoms with van der Waals surface area (Å²) in [5, 5.41) is 7.29. The minimum Gasteiger partial charge on any atom is -0.455 e. The van der Waals surface area contributed by atoms with Crippen molar-refractivity contribution in [2.24, 2.45) is 5.10 Å². The Morgan fingerprint density at radius 1 is 0.969 bits per heavy atom. The van der Waals surface area contributed by atoms with E-state index in [1.54, 1.807) is 12.1 Å². The SMILES string of the molecule is Cc1ccc(C(=O)N/N=C2\CCCc3oc(C(=O)Nc4ccc(C)cc4Br)c(C)c32)cc1. The number of aryl methyl sites for hydroxylation is 3. The number of nitrogens with zero attached hydrogens (tertiary/aromatic N) is 1. The smallest absolute Gasteiger partial charge is 0.291 e. The second-order valence-electron chi connectivity index (χ2n) is 8.01. The number of halogens is 1. The maximum Gasteiger partial charge on any atom is 0.291 e. The highest BCUT2D eigenvalue weighted by atomic mass is 79.9. The van der Waals surface area contributed by atoms with Crippen LogP contribution in [0.2, 0.25) is 0 Å². The summed E-state index contributed by atoms with van der Waals surface area (Å²) in [7, 11) is 0. The zero-order valence-electron chi connectivity index (χ0n) is 18.2. The Balaban J connectivity index is 1.57. The van der Waals surface area contributed by atoms with Crippen molar-refractivity contribution in [3.8, 4) is 0 Å². The summed E-state index contributed by atoms with van der Waals surface area (Å²) in [6.07, 6.45) is 2.26. The number of anilines is 1. The number of carbonyl (C=O) groups is 2. The molecule has 0 bridgehead atoms. The molecule has 0 saturated carbocycles. The molecular formula is C25H24BrN3O3. The molecule has 2 aromatic carbocycles. The summed E-state index contributed by atoms with van der Waals surface area (Å²) in [5.41, 5.74) is 8.31. The summed E-state index contributed by atoms with van der Waals surface area (Å²) < 4.78 is 6.75. The highest BCUT2D eigenvalue weighted by Gasteiger charge is 2.28. The molecule has 6 nitrogen and oxygen atoms in total. The van der Waals surface area contributed by atoms with E-state index in [2.05, 4.69) is 31.8 Å². The zero-order valence-corrected chi connectivity index (χ0v) is 19.8. The molecule has 4 rings (SSSR count). The number of furan rings is 1. The van der Waals surface area contributed by atoms with E-state index >= 15 is 0 Å². The molecule has 164 valence electrons. The average molecular weight is 494 g/mol. The van der Waals surface area contributed by atoms with Gasteiger partial charge in [0.1, 0.15) is 5.76 Å². The van der Waals surface area contributed by atoms with Crippen LogP contribution in [-0.4, -0.2) is 17.5 Å². The van der Waals surface area contributed by atoms with Crippen molar-refractivity contribution in [1.29, 1.82) is 0 Å². The third-order valence-corrected chi connectivity index (χ3v) is 6.17. The predicted molar refractivity (Wildman–Crippen MR) is 128 cm³/mol. The molecule has 1 aliphatic carbocycles. The molecule has 0 aliphatic heterocycles. The van der Waals surface area contributed by atoms with Crippen LogP contribution in [-0.2, 0) is 6.42 Å². The van der Waals surface area contributed by atoms with Gasteiger partial charge in [-0.05, 0) is 79.4 Å². The van der Waals surface area contributed by atoms with Gasteiger partial charge in [0.25, 0.3) is 11.8 Å². The molecule has 0 fully saturated rings. The van der Waals surface area contributed by atoms with Crippen LogP contribution in [0.15, 0.2) is 56.5 Å². The third kappa shape index (κ3) is 4.53. The van der Waals surface area contributed by atoms with Crippen LogP contribution in [0, 0.1) is 20.8 Å². The van der Waals surface area contributed by atoms with Gasteiger partial charge in [-0.3, -0.25) is 9.59 Å². The zero-order chi connectivity index (χ0) is 22.8. The Hall–Kier alpha value is -3.19. The first-order valence-electron chi connectivity index (χ1n) is 10.5. The molecule has 0 atom stereocenters. The lowest BCUT2D eigenvalue weighted by Crippen LogP contribution is -2.22. The summed E-state index contributed by atoms with van der Waals surface area (Å²) in [5.74, 6) is 0.407. The number of nitrogens with one attached hydrogen (secondary N) is 2. The molecule has 1 heterocycles. The van der Waals surface area contributed by atoms with Gasteiger partial charge in [0.2, 0.25) is 0 Å². The van der Waals surface area contributed by atoms with Crippen molar-refractivity contribution in [2.45, 2.75) is 40.0 Å². The lowest BCUT2D eigenvalue weighted by molar-refractivity contribution is 0.0953. The second-order valence-corrected chi connectivity index (χ2v) is 8.87. The molecule has 1 aromatic heterocycles. The van der Waals surface area contributed by atoms with E-state index in [1.165, 1.54) is 0 Å². The number of hydrogen-bond acceptors (Lipinski definition) is 4. The number of fused-ring (bicyclic) bond motifs is 1. The van der Waals surface area contributed by atoms with E-state index in [4.69, 9.17) is 4.42 Å².